The van der Waals surface area contributed by atoms with E-state index in [4.69, 9.17) is 9.47 Å². The van der Waals surface area contributed by atoms with Crippen molar-refractivity contribution in [1.82, 2.24) is 15.5 Å². The molecular formula is C19H41IN4O2. The van der Waals surface area contributed by atoms with Gasteiger partial charge in [0, 0.05) is 52.5 Å². The number of hydrogen-bond donors (Lipinski definition) is 2. The predicted octanol–water partition coefficient (Wildman–Crippen LogP) is 2.72. The van der Waals surface area contributed by atoms with Crippen molar-refractivity contribution >= 4 is 29.9 Å². The van der Waals surface area contributed by atoms with Crippen LogP contribution in [0, 0.1) is 5.92 Å². The van der Waals surface area contributed by atoms with Gasteiger partial charge in [0.15, 0.2) is 5.96 Å². The number of nitrogens with zero attached hydrogens (tertiary/aromatic N) is 2. The monoisotopic (exact) mass is 484 g/mol. The average molecular weight is 484 g/mol. The summed E-state index contributed by atoms with van der Waals surface area (Å²) in [5.74, 6) is 1.61. The van der Waals surface area contributed by atoms with E-state index >= 15 is 0 Å². The van der Waals surface area contributed by atoms with Gasteiger partial charge >= 0.3 is 0 Å². The van der Waals surface area contributed by atoms with Crippen LogP contribution < -0.4 is 10.6 Å². The number of aliphatic imine (C=N–C) groups is 1. The molecular weight excluding hydrogens is 443 g/mol. The van der Waals surface area contributed by atoms with Gasteiger partial charge in [0.1, 0.15) is 0 Å². The molecule has 0 aromatic heterocycles. The Labute approximate surface area is 177 Å². The van der Waals surface area contributed by atoms with Crippen molar-refractivity contribution in [2.24, 2.45) is 10.9 Å². The summed E-state index contributed by atoms with van der Waals surface area (Å²) in [5, 5.41) is 6.96. The molecule has 0 aromatic carbocycles. The van der Waals surface area contributed by atoms with Crippen molar-refractivity contribution in [2.75, 3.05) is 59.7 Å². The molecule has 7 heteroatoms. The second-order valence-corrected chi connectivity index (χ2v) is 6.58. The van der Waals surface area contributed by atoms with Gasteiger partial charge < -0.3 is 20.1 Å². The molecule has 156 valence electrons. The quantitative estimate of drug-likeness (QED) is 0.193. The van der Waals surface area contributed by atoms with Gasteiger partial charge in [-0.1, -0.05) is 26.7 Å². The molecule has 1 fully saturated rings. The van der Waals surface area contributed by atoms with Crippen LogP contribution in [0.2, 0.25) is 0 Å². The Balaban J connectivity index is 0.00000625. The van der Waals surface area contributed by atoms with Crippen LogP contribution in [0.1, 0.15) is 46.5 Å². The Hall–Kier alpha value is -0.120. The van der Waals surface area contributed by atoms with E-state index in [0.717, 1.165) is 71.4 Å². The number of halogens is 1. The lowest BCUT2D eigenvalue weighted by Gasteiger charge is -2.39. The molecule has 0 saturated carbocycles. The number of morpholine rings is 1. The zero-order chi connectivity index (χ0) is 18.3. The van der Waals surface area contributed by atoms with Gasteiger partial charge in [-0.25, -0.2) is 0 Å². The van der Waals surface area contributed by atoms with E-state index < -0.39 is 0 Å². The fourth-order valence-electron chi connectivity index (χ4n) is 3.44. The van der Waals surface area contributed by atoms with Crippen LogP contribution in [-0.2, 0) is 9.47 Å². The van der Waals surface area contributed by atoms with Crippen LogP contribution in [0.3, 0.4) is 0 Å². The lowest BCUT2D eigenvalue weighted by molar-refractivity contribution is 0.00272. The third-order valence-corrected chi connectivity index (χ3v) is 5.02. The van der Waals surface area contributed by atoms with Crippen LogP contribution in [0.25, 0.3) is 0 Å². The number of nitrogens with one attached hydrogen (secondary N) is 2. The second kappa shape index (κ2) is 17.0. The van der Waals surface area contributed by atoms with E-state index in [-0.39, 0.29) is 24.0 Å². The molecule has 6 nitrogen and oxygen atoms in total. The molecule has 1 rings (SSSR count). The summed E-state index contributed by atoms with van der Waals surface area (Å²) in [4.78, 5) is 6.96. The highest BCUT2D eigenvalue weighted by molar-refractivity contribution is 14.0. The van der Waals surface area contributed by atoms with Gasteiger partial charge in [-0.05, 0) is 25.7 Å². The predicted molar refractivity (Wildman–Crippen MR) is 121 cm³/mol. The van der Waals surface area contributed by atoms with E-state index in [0.29, 0.717) is 12.0 Å². The van der Waals surface area contributed by atoms with Gasteiger partial charge in [-0.15, -0.1) is 24.0 Å². The Kier molecular flexibility index (Phi) is 16.9. The Morgan fingerprint density at radius 3 is 2.38 bits per heavy atom. The number of rotatable bonds is 12. The largest absolute Gasteiger partial charge is 0.382 e. The molecule has 2 N–H and O–H groups in total. The van der Waals surface area contributed by atoms with Crippen molar-refractivity contribution < 1.29 is 9.47 Å². The molecule has 1 saturated heterocycles. The van der Waals surface area contributed by atoms with Crippen molar-refractivity contribution in [1.29, 1.82) is 0 Å². The third kappa shape index (κ3) is 10.3. The highest BCUT2D eigenvalue weighted by Gasteiger charge is 2.26. The maximum atomic E-state index is 5.53. The summed E-state index contributed by atoms with van der Waals surface area (Å²) < 4.78 is 10.9. The lowest BCUT2D eigenvalue weighted by Crippen LogP contribution is -2.53. The van der Waals surface area contributed by atoms with Gasteiger partial charge in [0.2, 0.25) is 0 Å². The Bertz CT molecular complexity index is 348. The Morgan fingerprint density at radius 1 is 1.12 bits per heavy atom. The van der Waals surface area contributed by atoms with Crippen LogP contribution >= 0.6 is 24.0 Å². The maximum absolute atomic E-state index is 5.53. The summed E-state index contributed by atoms with van der Waals surface area (Å²) in [7, 11) is 1.84. The van der Waals surface area contributed by atoms with Gasteiger partial charge in [-0.3, -0.25) is 9.89 Å². The van der Waals surface area contributed by atoms with Crippen molar-refractivity contribution in [3.05, 3.63) is 0 Å². The first kappa shape index (κ1) is 25.9. The topological polar surface area (TPSA) is 58.1 Å². The molecule has 1 aliphatic rings. The minimum atomic E-state index is 0. The molecule has 0 radical (unpaired) electrons. The Morgan fingerprint density at radius 2 is 1.81 bits per heavy atom. The van der Waals surface area contributed by atoms with Gasteiger partial charge in [0.25, 0.3) is 0 Å². The summed E-state index contributed by atoms with van der Waals surface area (Å²) in [6.07, 6.45) is 4.61. The fourth-order valence-corrected chi connectivity index (χ4v) is 3.44. The summed E-state index contributed by atoms with van der Waals surface area (Å²) >= 11 is 0. The SMILES string of the molecule is CCOCCCCNC(=NC)NCC(C(CC)CC)N1CCOCC1.I. The standard InChI is InChI=1S/C19H40N4O2.HI/c1-5-17(6-2)18(23-11-14-25-15-12-23)16-22-19(20-4)21-10-8-9-13-24-7-3;/h17-18H,5-16H2,1-4H3,(H2,20,21,22);1H. The summed E-state index contributed by atoms with van der Waals surface area (Å²) in [6, 6.07) is 0.537. The highest BCUT2D eigenvalue weighted by Crippen LogP contribution is 2.19. The first-order chi connectivity index (χ1) is 12.3. The van der Waals surface area contributed by atoms with Crippen molar-refractivity contribution in [3.8, 4) is 0 Å². The average Bonchev–Trinajstić information content (AvgIpc) is 2.66. The first-order valence-electron chi connectivity index (χ1n) is 10.1. The van der Waals surface area contributed by atoms with Crippen molar-refractivity contribution in [3.63, 3.8) is 0 Å². The maximum Gasteiger partial charge on any atom is 0.191 e. The van der Waals surface area contributed by atoms with E-state index in [1.54, 1.807) is 0 Å². The van der Waals surface area contributed by atoms with Crippen LogP contribution in [0.5, 0.6) is 0 Å². The van der Waals surface area contributed by atoms with E-state index in [1.807, 2.05) is 14.0 Å². The van der Waals surface area contributed by atoms with Gasteiger partial charge in [-0.2, -0.15) is 0 Å². The highest BCUT2D eigenvalue weighted by atomic mass is 127. The number of hydrogen-bond acceptors (Lipinski definition) is 4. The molecule has 1 unspecified atom stereocenters. The van der Waals surface area contributed by atoms with Crippen LogP contribution in [-0.4, -0.2) is 76.6 Å². The minimum absolute atomic E-state index is 0. The molecule has 1 atom stereocenters. The molecule has 26 heavy (non-hydrogen) atoms. The van der Waals surface area contributed by atoms with E-state index in [9.17, 15) is 0 Å². The van der Waals surface area contributed by atoms with E-state index in [1.165, 1.54) is 12.8 Å². The molecule has 0 amide bonds. The summed E-state index contributed by atoms with van der Waals surface area (Å²) in [6.45, 7) is 13.9. The zero-order valence-electron chi connectivity index (χ0n) is 17.3. The third-order valence-electron chi connectivity index (χ3n) is 5.02. The molecule has 0 aromatic rings. The van der Waals surface area contributed by atoms with Crippen LogP contribution in [0.4, 0.5) is 0 Å². The fraction of sp³-hybridized carbons (Fsp3) is 0.947. The van der Waals surface area contributed by atoms with Crippen molar-refractivity contribution in [2.45, 2.75) is 52.5 Å². The molecule has 1 aliphatic heterocycles. The van der Waals surface area contributed by atoms with E-state index in [2.05, 4.69) is 34.4 Å². The molecule has 1 heterocycles. The zero-order valence-corrected chi connectivity index (χ0v) is 19.6. The van der Waals surface area contributed by atoms with Gasteiger partial charge in [0.05, 0.1) is 13.2 Å². The number of guanidine groups is 1. The second-order valence-electron chi connectivity index (χ2n) is 6.58. The number of ether oxygens (including phenoxy) is 2. The normalized spacial score (nSPS) is 17.0. The lowest BCUT2D eigenvalue weighted by atomic mass is 9.92. The molecule has 0 bridgehead atoms. The minimum Gasteiger partial charge on any atom is -0.382 e. The molecule has 0 spiro atoms. The summed E-state index contributed by atoms with van der Waals surface area (Å²) in [5.41, 5.74) is 0. The molecule has 0 aliphatic carbocycles. The smallest absolute Gasteiger partial charge is 0.191 e. The number of unbranched alkanes of at least 4 members (excludes halogenated alkanes) is 1. The first-order valence-corrected chi connectivity index (χ1v) is 10.1. The van der Waals surface area contributed by atoms with Crippen LogP contribution in [0.15, 0.2) is 4.99 Å².